The van der Waals surface area contributed by atoms with Crippen molar-refractivity contribution in [2.24, 2.45) is 0 Å². The molecule has 0 radical (unpaired) electrons. The van der Waals surface area contributed by atoms with Gasteiger partial charge in [-0.3, -0.25) is 9.36 Å². The van der Waals surface area contributed by atoms with Crippen LogP contribution in [0.4, 0.5) is 0 Å². The van der Waals surface area contributed by atoms with E-state index in [9.17, 15) is 19.4 Å². The number of aliphatic hydroxyl groups excluding tert-OH is 1. The molecule has 0 aliphatic rings. The lowest BCUT2D eigenvalue weighted by Crippen LogP contribution is -2.45. The van der Waals surface area contributed by atoms with Crippen LogP contribution in [0.15, 0.2) is 36.5 Å². The minimum absolute atomic E-state index is 0.00695. The lowest BCUT2D eigenvalue weighted by atomic mass is 10.0. The Morgan fingerprint density at radius 2 is 0.629 bits per heavy atom. The van der Waals surface area contributed by atoms with Crippen molar-refractivity contribution < 1.29 is 32.9 Å². The molecule has 0 spiro atoms. The van der Waals surface area contributed by atoms with E-state index in [0.29, 0.717) is 17.4 Å². The summed E-state index contributed by atoms with van der Waals surface area (Å²) in [5, 5.41) is 14.0. The molecule has 0 rings (SSSR count). The Morgan fingerprint density at radius 3 is 0.910 bits per heavy atom. The van der Waals surface area contributed by atoms with E-state index >= 15 is 0 Å². The number of rotatable bonds is 75. The first-order chi connectivity index (χ1) is 43.5. The van der Waals surface area contributed by atoms with E-state index < -0.39 is 26.6 Å². The molecule has 9 heteroatoms. The minimum atomic E-state index is -4.62. The molecule has 0 saturated heterocycles. The molecule has 0 fully saturated rings. The van der Waals surface area contributed by atoms with Gasteiger partial charge < -0.3 is 28.8 Å². The topological polar surface area (TPSA) is 108 Å². The first-order valence-electron chi connectivity index (χ1n) is 39.9. The number of nitrogens with zero attached hydrogens (tertiary/aromatic N) is 1. The standard InChI is InChI=1S/C80H157N2O6P/c1-6-8-10-12-14-16-18-20-22-24-26-28-30-32-34-36-37-38-39-40-41-42-43-44-46-48-50-52-54-56-58-60-62-64-66-68-70-72-74-80(84)81-78(77-88-89(85,86)87-76-75-82(3,4)5)79(83)73-71-69-67-65-63-61-59-57-55-53-51-49-47-45-35-33-31-29-27-25-23-21-19-17-15-13-11-9-7-2/h55,57,63,65,71,73,78-79,83H,6-54,56,58-62,64,66-70,72,74-77H2,1-5H3,(H-,81,84,85,86)/b57-55+,65-63+,73-71+. The van der Waals surface area contributed by atoms with Gasteiger partial charge in [0.25, 0.3) is 7.82 Å². The van der Waals surface area contributed by atoms with Crippen LogP contribution < -0.4 is 10.2 Å². The van der Waals surface area contributed by atoms with E-state index in [0.717, 1.165) is 44.9 Å². The summed E-state index contributed by atoms with van der Waals surface area (Å²) in [6, 6.07) is -0.910. The Bertz CT molecular complexity index is 1550. The molecule has 8 nitrogen and oxygen atoms in total. The number of hydrogen-bond donors (Lipinski definition) is 2. The van der Waals surface area contributed by atoms with Crippen LogP contribution in [-0.4, -0.2) is 68.5 Å². The van der Waals surface area contributed by atoms with Gasteiger partial charge in [0.15, 0.2) is 0 Å². The normalized spacial score (nSPS) is 13.7. The maximum Gasteiger partial charge on any atom is 0.268 e. The summed E-state index contributed by atoms with van der Waals surface area (Å²) in [5.41, 5.74) is 0. The molecular formula is C80H157N2O6P. The fourth-order valence-electron chi connectivity index (χ4n) is 12.4. The molecule has 0 aromatic heterocycles. The fourth-order valence-corrected chi connectivity index (χ4v) is 13.2. The Morgan fingerprint density at radius 1 is 0.382 bits per heavy atom. The van der Waals surface area contributed by atoms with Gasteiger partial charge in [-0.05, 0) is 44.9 Å². The number of quaternary nitrogens is 1. The monoisotopic (exact) mass is 1270 g/mol. The summed E-state index contributed by atoms with van der Waals surface area (Å²) in [4.78, 5) is 25.7. The molecule has 0 aromatic carbocycles. The summed E-state index contributed by atoms with van der Waals surface area (Å²) >= 11 is 0. The zero-order chi connectivity index (χ0) is 64.8. The van der Waals surface area contributed by atoms with E-state index in [1.54, 1.807) is 6.08 Å². The van der Waals surface area contributed by atoms with Crippen molar-refractivity contribution in [3.8, 4) is 0 Å². The molecule has 528 valence electrons. The van der Waals surface area contributed by atoms with Gasteiger partial charge in [0.2, 0.25) is 5.91 Å². The molecule has 89 heavy (non-hydrogen) atoms. The van der Waals surface area contributed by atoms with Gasteiger partial charge in [-0.1, -0.05) is 403 Å². The van der Waals surface area contributed by atoms with E-state index in [2.05, 4.69) is 43.5 Å². The number of nitrogens with one attached hydrogen (secondary N) is 1. The minimum Gasteiger partial charge on any atom is -0.756 e. The molecule has 0 aromatic rings. The van der Waals surface area contributed by atoms with Crippen LogP contribution in [-0.2, 0) is 18.4 Å². The Kier molecular flexibility index (Phi) is 70.0. The van der Waals surface area contributed by atoms with Gasteiger partial charge in [0.05, 0.1) is 39.9 Å². The lowest BCUT2D eigenvalue weighted by molar-refractivity contribution is -0.870. The highest BCUT2D eigenvalue weighted by atomic mass is 31.2. The number of amides is 1. The Labute approximate surface area is 557 Å². The Hall–Kier alpha value is -1.28. The van der Waals surface area contributed by atoms with Gasteiger partial charge in [-0.2, -0.15) is 0 Å². The van der Waals surface area contributed by atoms with Gasteiger partial charge in [-0.25, -0.2) is 0 Å². The van der Waals surface area contributed by atoms with Crippen LogP contribution in [0.1, 0.15) is 418 Å². The van der Waals surface area contributed by atoms with Gasteiger partial charge in [-0.15, -0.1) is 0 Å². The SMILES string of the molecule is CCCCCCCCCCCCCCCCCCCCC/C=C/CC/C=C/CC/C=C/C(O)C(COP(=O)([O-])OCC[N+](C)(C)C)NC(=O)CCCCCCCCCCCCCCCCCCCCCCCCCCCCCCCCCCCCCCCC. The van der Waals surface area contributed by atoms with E-state index in [-0.39, 0.29) is 12.5 Å². The summed E-state index contributed by atoms with van der Waals surface area (Å²) < 4.78 is 23.5. The third-order valence-electron chi connectivity index (χ3n) is 18.6. The number of phosphoric acid groups is 1. The second-order valence-corrected chi connectivity index (χ2v) is 30.2. The van der Waals surface area contributed by atoms with Crippen molar-refractivity contribution in [3.63, 3.8) is 0 Å². The van der Waals surface area contributed by atoms with Crippen molar-refractivity contribution in [1.82, 2.24) is 5.32 Å². The largest absolute Gasteiger partial charge is 0.756 e. The smallest absolute Gasteiger partial charge is 0.268 e. The number of aliphatic hydroxyl groups is 1. The quantitative estimate of drug-likeness (QED) is 0.0272. The number of allylic oxidation sites excluding steroid dienone is 5. The summed E-state index contributed by atoms with van der Waals surface area (Å²) in [6.45, 7) is 4.69. The number of carbonyl (C=O) groups excluding carboxylic acids is 1. The van der Waals surface area contributed by atoms with Crippen molar-refractivity contribution >= 4 is 13.7 Å². The third kappa shape index (κ3) is 74.0. The third-order valence-corrected chi connectivity index (χ3v) is 19.5. The molecule has 1 amide bonds. The maximum absolute atomic E-state index is 13.1. The number of likely N-dealkylation sites (N-methyl/N-ethyl adjacent to an activating group) is 1. The van der Waals surface area contributed by atoms with Crippen LogP contribution in [0.25, 0.3) is 0 Å². The number of phosphoric ester groups is 1. The van der Waals surface area contributed by atoms with Crippen molar-refractivity contribution in [1.29, 1.82) is 0 Å². The summed E-state index contributed by atoms with van der Waals surface area (Å²) in [7, 11) is 1.25. The number of carbonyl (C=O) groups is 1. The first-order valence-corrected chi connectivity index (χ1v) is 41.3. The van der Waals surface area contributed by atoms with Crippen molar-refractivity contribution in [2.45, 2.75) is 431 Å². The van der Waals surface area contributed by atoms with Crippen LogP contribution in [0, 0.1) is 0 Å². The second kappa shape index (κ2) is 71.0. The van der Waals surface area contributed by atoms with Gasteiger partial charge >= 0.3 is 0 Å². The predicted molar refractivity (Wildman–Crippen MR) is 390 cm³/mol. The average molecular weight is 1270 g/mol. The molecular weight excluding hydrogens is 1120 g/mol. The average Bonchev–Trinajstić information content (AvgIpc) is 3.60. The van der Waals surface area contributed by atoms with Crippen molar-refractivity contribution in [2.75, 3.05) is 40.9 Å². The van der Waals surface area contributed by atoms with E-state index in [4.69, 9.17) is 9.05 Å². The van der Waals surface area contributed by atoms with Crippen LogP contribution in [0.5, 0.6) is 0 Å². The first kappa shape index (κ1) is 87.7. The highest BCUT2D eigenvalue weighted by Crippen LogP contribution is 2.38. The molecule has 0 saturated carbocycles. The molecule has 0 aliphatic carbocycles. The zero-order valence-electron chi connectivity index (χ0n) is 60.7. The fraction of sp³-hybridized carbons (Fsp3) is 0.912. The van der Waals surface area contributed by atoms with Gasteiger partial charge in [0.1, 0.15) is 13.2 Å². The van der Waals surface area contributed by atoms with Crippen molar-refractivity contribution in [3.05, 3.63) is 36.5 Å². The predicted octanol–water partition coefficient (Wildman–Crippen LogP) is 25.3. The maximum atomic E-state index is 13.1. The van der Waals surface area contributed by atoms with Gasteiger partial charge in [0, 0.05) is 6.42 Å². The number of unbranched alkanes of at least 4 members (excludes halogenated alkanes) is 58. The summed E-state index contributed by atoms with van der Waals surface area (Å²) in [6.07, 6.45) is 96.2. The highest BCUT2D eigenvalue weighted by molar-refractivity contribution is 7.45. The number of hydrogen-bond acceptors (Lipinski definition) is 6. The van der Waals surface area contributed by atoms with E-state index in [1.165, 1.54) is 353 Å². The van der Waals surface area contributed by atoms with Crippen LogP contribution in [0.3, 0.4) is 0 Å². The second-order valence-electron chi connectivity index (χ2n) is 28.8. The molecule has 0 bridgehead atoms. The molecule has 3 atom stereocenters. The van der Waals surface area contributed by atoms with Crippen LogP contribution >= 0.6 is 7.82 Å². The van der Waals surface area contributed by atoms with E-state index in [1.807, 2.05) is 27.2 Å². The molecule has 0 heterocycles. The Balaban J connectivity index is 3.97. The molecule has 0 aliphatic heterocycles. The highest BCUT2D eigenvalue weighted by Gasteiger charge is 2.23. The lowest BCUT2D eigenvalue weighted by Gasteiger charge is -2.29. The molecule has 2 N–H and O–H groups in total. The zero-order valence-corrected chi connectivity index (χ0v) is 61.6. The molecule has 3 unspecified atom stereocenters. The summed E-state index contributed by atoms with van der Waals surface area (Å²) in [5.74, 6) is -0.202. The van der Waals surface area contributed by atoms with Crippen LogP contribution in [0.2, 0.25) is 0 Å².